The predicted octanol–water partition coefficient (Wildman–Crippen LogP) is 8.79. The van der Waals surface area contributed by atoms with Gasteiger partial charge in [-0.05, 0) is 32.1 Å². The molecular formula is C28H55N2+. The Morgan fingerprint density at radius 2 is 1.03 bits per heavy atom. The van der Waals surface area contributed by atoms with Crippen molar-refractivity contribution < 1.29 is 4.57 Å². The Morgan fingerprint density at radius 3 is 1.60 bits per heavy atom. The van der Waals surface area contributed by atoms with Gasteiger partial charge < -0.3 is 0 Å². The topological polar surface area (TPSA) is 8.81 Å². The third kappa shape index (κ3) is 13.5. The zero-order valence-electron chi connectivity index (χ0n) is 21.1. The number of imidazole rings is 1. The Kier molecular flexibility index (Phi) is 18.3. The molecule has 1 aromatic heterocycles. The summed E-state index contributed by atoms with van der Waals surface area (Å²) < 4.78 is 5.15. The molecule has 1 rings (SSSR count). The molecule has 0 unspecified atom stereocenters. The molecule has 0 atom stereocenters. The summed E-state index contributed by atoms with van der Waals surface area (Å²) in [7, 11) is 0. The zero-order valence-corrected chi connectivity index (χ0v) is 21.1. The molecule has 0 aliphatic heterocycles. The highest BCUT2D eigenvalue weighted by atomic mass is 15.1. The molecule has 0 saturated heterocycles. The quantitative estimate of drug-likeness (QED) is 0.131. The van der Waals surface area contributed by atoms with Crippen LogP contribution in [0, 0.1) is 0 Å². The van der Waals surface area contributed by atoms with E-state index in [9.17, 15) is 0 Å². The molecule has 0 aromatic carbocycles. The van der Waals surface area contributed by atoms with Crippen LogP contribution in [0.3, 0.4) is 0 Å². The molecule has 0 radical (unpaired) electrons. The normalized spacial score (nSPS) is 11.4. The van der Waals surface area contributed by atoms with Crippen LogP contribution in [0.25, 0.3) is 0 Å². The molecule has 0 aliphatic rings. The largest absolute Gasteiger partial charge is 0.256 e. The summed E-state index contributed by atoms with van der Waals surface area (Å²) >= 11 is 0. The molecule has 1 aromatic rings. The van der Waals surface area contributed by atoms with E-state index < -0.39 is 0 Å². The van der Waals surface area contributed by atoms with Crippen molar-refractivity contribution in [2.24, 2.45) is 0 Å². The van der Waals surface area contributed by atoms with Gasteiger partial charge in [-0.1, -0.05) is 111 Å². The van der Waals surface area contributed by atoms with E-state index in [1.165, 1.54) is 142 Å². The van der Waals surface area contributed by atoms with Crippen LogP contribution in [0.15, 0.2) is 12.4 Å². The number of nitrogens with zero attached hydrogens (tertiary/aromatic N) is 2. The smallest absolute Gasteiger partial charge is 0.234 e. The lowest BCUT2D eigenvalue weighted by Crippen LogP contribution is -2.37. The molecule has 0 N–H and O–H groups in total. The first-order valence-electron chi connectivity index (χ1n) is 13.9. The summed E-state index contributed by atoms with van der Waals surface area (Å²) in [4.78, 5) is 0. The Hall–Kier alpha value is -0.790. The van der Waals surface area contributed by atoms with E-state index in [2.05, 4.69) is 42.3 Å². The van der Waals surface area contributed by atoms with E-state index in [0.29, 0.717) is 0 Å². The van der Waals surface area contributed by atoms with Gasteiger partial charge in [0, 0.05) is 6.42 Å². The fourth-order valence-electron chi connectivity index (χ4n) is 4.56. The second-order valence-electron chi connectivity index (χ2n) is 9.51. The van der Waals surface area contributed by atoms with E-state index in [1.54, 1.807) is 5.82 Å². The summed E-state index contributed by atoms with van der Waals surface area (Å²) in [5, 5.41) is 0. The lowest BCUT2D eigenvalue weighted by Gasteiger charge is -2.06. The molecule has 0 bridgehead atoms. The lowest BCUT2D eigenvalue weighted by molar-refractivity contribution is -0.704. The number of unbranched alkanes of at least 4 members (excludes halogenated alkanes) is 16. The second-order valence-corrected chi connectivity index (χ2v) is 9.51. The number of aromatic nitrogens is 2. The van der Waals surface area contributed by atoms with Crippen LogP contribution < -0.4 is 4.57 Å². The fourth-order valence-corrected chi connectivity index (χ4v) is 4.56. The highest BCUT2D eigenvalue weighted by molar-refractivity contribution is 4.84. The molecule has 1 heterocycles. The van der Waals surface area contributed by atoms with Crippen molar-refractivity contribution in [1.29, 1.82) is 0 Å². The number of hydrogen-bond donors (Lipinski definition) is 0. The van der Waals surface area contributed by atoms with Gasteiger partial charge in [0.25, 0.3) is 5.82 Å². The van der Waals surface area contributed by atoms with E-state index in [1.807, 2.05) is 0 Å². The van der Waals surface area contributed by atoms with Crippen LogP contribution in [0.5, 0.6) is 0 Å². The molecule has 0 spiro atoms. The first kappa shape index (κ1) is 27.2. The molecule has 0 amide bonds. The zero-order chi connectivity index (χ0) is 21.7. The van der Waals surface area contributed by atoms with E-state index >= 15 is 0 Å². The monoisotopic (exact) mass is 419 g/mol. The van der Waals surface area contributed by atoms with Crippen LogP contribution in [0.4, 0.5) is 0 Å². The molecule has 0 aliphatic carbocycles. The molecule has 0 fully saturated rings. The van der Waals surface area contributed by atoms with Crippen molar-refractivity contribution >= 4 is 0 Å². The average molecular weight is 420 g/mol. The van der Waals surface area contributed by atoms with Gasteiger partial charge in [0.2, 0.25) is 0 Å². The van der Waals surface area contributed by atoms with Crippen LogP contribution in [0.1, 0.15) is 149 Å². The van der Waals surface area contributed by atoms with Crippen molar-refractivity contribution in [3.05, 3.63) is 18.2 Å². The van der Waals surface area contributed by atoms with Crippen molar-refractivity contribution in [3.8, 4) is 0 Å². The summed E-state index contributed by atoms with van der Waals surface area (Å²) in [5.41, 5.74) is 0. The molecule has 30 heavy (non-hydrogen) atoms. The number of rotatable bonds is 22. The van der Waals surface area contributed by atoms with E-state index in [0.717, 1.165) is 0 Å². The minimum absolute atomic E-state index is 1.21. The van der Waals surface area contributed by atoms with Gasteiger partial charge in [0.15, 0.2) is 0 Å². The first-order chi connectivity index (χ1) is 14.8. The summed E-state index contributed by atoms with van der Waals surface area (Å²) in [6, 6.07) is 0. The van der Waals surface area contributed by atoms with Gasteiger partial charge in [-0.3, -0.25) is 0 Å². The highest BCUT2D eigenvalue weighted by Gasteiger charge is 2.16. The number of aryl methyl sites for hydroxylation is 2. The second kappa shape index (κ2) is 20.1. The summed E-state index contributed by atoms with van der Waals surface area (Å²) in [5.74, 6) is 1.59. The SMILES string of the molecule is CCCCCCCCCCCCC[n+]1ccn(CCCCC)c1CCCCCCC. The van der Waals surface area contributed by atoms with Gasteiger partial charge in [-0.2, -0.15) is 0 Å². The highest BCUT2D eigenvalue weighted by Crippen LogP contribution is 2.12. The maximum Gasteiger partial charge on any atom is 0.256 e. The number of hydrogen-bond acceptors (Lipinski definition) is 0. The molecule has 0 saturated carbocycles. The minimum atomic E-state index is 1.21. The predicted molar refractivity (Wildman–Crippen MR) is 133 cm³/mol. The van der Waals surface area contributed by atoms with Gasteiger partial charge in [0.05, 0.1) is 13.1 Å². The van der Waals surface area contributed by atoms with E-state index in [-0.39, 0.29) is 0 Å². The maximum atomic E-state index is 2.58. The third-order valence-corrected chi connectivity index (χ3v) is 6.60. The van der Waals surface area contributed by atoms with Crippen LogP contribution in [0.2, 0.25) is 0 Å². The van der Waals surface area contributed by atoms with Gasteiger partial charge in [0.1, 0.15) is 12.4 Å². The van der Waals surface area contributed by atoms with Crippen molar-refractivity contribution in [1.82, 2.24) is 4.57 Å². The van der Waals surface area contributed by atoms with Gasteiger partial charge >= 0.3 is 0 Å². The van der Waals surface area contributed by atoms with Crippen molar-refractivity contribution in [2.45, 2.75) is 162 Å². The fraction of sp³-hybridized carbons (Fsp3) is 0.893. The van der Waals surface area contributed by atoms with Crippen LogP contribution in [-0.4, -0.2) is 4.57 Å². The first-order valence-corrected chi connectivity index (χ1v) is 13.9. The standard InChI is InChI=1S/C28H55N2/c1-4-7-10-12-13-14-15-16-17-19-22-25-30-27-26-29(24-21-9-6-3)28(30)23-20-18-11-8-5-2/h26-27H,4-25H2,1-3H3/q+1. The minimum Gasteiger partial charge on any atom is -0.234 e. The lowest BCUT2D eigenvalue weighted by atomic mass is 10.1. The van der Waals surface area contributed by atoms with Crippen molar-refractivity contribution in [2.75, 3.05) is 0 Å². The Balaban J connectivity index is 2.26. The third-order valence-electron chi connectivity index (χ3n) is 6.60. The van der Waals surface area contributed by atoms with E-state index in [4.69, 9.17) is 0 Å². The van der Waals surface area contributed by atoms with Crippen molar-refractivity contribution in [3.63, 3.8) is 0 Å². The van der Waals surface area contributed by atoms with Crippen LogP contribution in [-0.2, 0) is 19.5 Å². The Labute approximate surface area is 189 Å². The molecule has 2 nitrogen and oxygen atoms in total. The van der Waals surface area contributed by atoms with Gasteiger partial charge in [-0.15, -0.1) is 0 Å². The molecule has 176 valence electrons. The maximum absolute atomic E-state index is 2.58. The summed E-state index contributed by atoms with van der Waals surface area (Å²) in [6.45, 7) is 9.35. The Bertz CT molecular complexity index is 477. The van der Waals surface area contributed by atoms with Crippen LogP contribution >= 0.6 is 0 Å². The van der Waals surface area contributed by atoms with Gasteiger partial charge in [-0.25, -0.2) is 9.13 Å². The Morgan fingerprint density at radius 1 is 0.567 bits per heavy atom. The summed E-state index contributed by atoms with van der Waals surface area (Å²) in [6.07, 6.45) is 32.6. The molecular weight excluding hydrogens is 364 g/mol. The average Bonchev–Trinajstić information content (AvgIpc) is 3.13. The molecule has 2 heteroatoms.